The number of nitrogens with two attached hydrogens (primary N) is 1. The van der Waals surface area contributed by atoms with Gasteiger partial charge in [0.1, 0.15) is 24.5 Å². The van der Waals surface area contributed by atoms with Crippen molar-refractivity contribution in [2.75, 3.05) is 18.1 Å². The van der Waals surface area contributed by atoms with E-state index in [4.69, 9.17) is 20.2 Å². The monoisotopic (exact) mass is 497 g/mol. The summed E-state index contributed by atoms with van der Waals surface area (Å²) >= 11 is 0. The average Bonchev–Trinajstić information content (AvgIpc) is 3.14. The van der Waals surface area contributed by atoms with Crippen LogP contribution in [0.5, 0.6) is 11.8 Å². The summed E-state index contributed by atoms with van der Waals surface area (Å²) in [6.45, 7) is 8.38. The Balaban J connectivity index is 1.36. The van der Waals surface area contributed by atoms with Crippen LogP contribution >= 0.6 is 0 Å². The number of carbonyl (C=O) groups excluding carboxylic acids is 1. The molecule has 0 unspecified atom stereocenters. The first-order valence-corrected chi connectivity index (χ1v) is 12.1. The van der Waals surface area contributed by atoms with E-state index in [0.717, 1.165) is 52.5 Å². The number of allylic oxidation sites excluding steroid dienone is 1. The van der Waals surface area contributed by atoms with Gasteiger partial charge in [0.25, 0.3) is 0 Å². The number of pyridine rings is 1. The van der Waals surface area contributed by atoms with Crippen molar-refractivity contribution in [3.8, 4) is 22.9 Å². The minimum atomic E-state index is -0.934. The molecule has 0 saturated heterocycles. The third kappa shape index (κ3) is 4.24. The molecule has 37 heavy (non-hydrogen) atoms. The maximum Gasteiger partial charge on any atom is 0.412 e. The van der Waals surface area contributed by atoms with Gasteiger partial charge in [-0.3, -0.25) is 0 Å². The minimum Gasteiger partial charge on any atom is -0.491 e. The van der Waals surface area contributed by atoms with Crippen LogP contribution in [0.15, 0.2) is 36.8 Å². The standard InChI is InChI=1S/C27H27N7O3/c1-15-19(12-29-23-22(15)32-26(33-23)37-25(28)35)16-4-5-21-17(10-16)13-34(8-9-36-21)24-18-11-27(2,3)7-6-20(18)30-14-31-24/h4-7,10,12,14H,8-9,11,13H2,1-3H3,(H2,28,35)(H,29,32,33). The predicted molar refractivity (Wildman–Crippen MR) is 139 cm³/mol. The molecule has 0 radical (unpaired) electrons. The second-order valence-corrected chi connectivity index (χ2v) is 10.1. The van der Waals surface area contributed by atoms with Crippen molar-refractivity contribution >= 4 is 29.2 Å². The molecule has 4 aromatic rings. The van der Waals surface area contributed by atoms with Crippen molar-refractivity contribution < 1.29 is 14.3 Å². The normalized spacial score (nSPS) is 16.0. The van der Waals surface area contributed by atoms with Crippen LogP contribution in [0.3, 0.4) is 0 Å². The molecule has 0 bridgehead atoms. The van der Waals surface area contributed by atoms with Gasteiger partial charge in [0.15, 0.2) is 5.65 Å². The van der Waals surface area contributed by atoms with Gasteiger partial charge >= 0.3 is 12.1 Å². The number of nitrogens with zero attached hydrogens (tertiary/aromatic N) is 5. The number of aromatic nitrogens is 5. The van der Waals surface area contributed by atoms with E-state index in [1.165, 1.54) is 5.56 Å². The third-order valence-corrected chi connectivity index (χ3v) is 6.89. The summed E-state index contributed by atoms with van der Waals surface area (Å²) in [6, 6.07) is 6.19. The topological polar surface area (TPSA) is 132 Å². The Kier molecular flexibility index (Phi) is 5.32. The number of H-pyrrole nitrogens is 1. The van der Waals surface area contributed by atoms with E-state index in [-0.39, 0.29) is 11.4 Å². The fourth-order valence-electron chi connectivity index (χ4n) is 5.05. The van der Waals surface area contributed by atoms with E-state index in [1.54, 1.807) is 12.5 Å². The van der Waals surface area contributed by atoms with Crippen molar-refractivity contribution in [2.45, 2.75) is 33.7 Å². The summed E-state index contributed by atoms with van der Waals surface area (Å²) in [5, 5.41) is 0. The Morgan fingerprint density at radius 1 is 1.24 bits per heavy atom. The molecule has 1 amide bonds. The maximum absolute atomic E-state index is 11.1. The lowest BCUT2D eigenvalue weighted by molar-refractivity contribution is 0.207. The number of imidazole rings is 1. The molecular weight excluding hydrogens is 470 g/mol. The van der Waals surface area contributed by atoms with Crippen molar-refractivity contribution in [1.29, 1.82) is 0 Å². The molecule has 1 aliphatic carbocycles. The largest absolute Gasteiger partial charge is 0.491 e. The molecule has 2 aliphatic rings. The number of aromatic amines is 1. The van der Waals surface area contributed by atoms with Gasteiger partial charge in [-0.1, -0.05) is 26.0 Å². The van der Waals surface area contributed by atoms with E-state index >= 15 is 0 Å². The molecule has 3 aromatic heterocycles. The zero-order valence-electron chi connectivity index (χ0n) is 20.9. The number of carbonyl (C=O) groups is 1. The molecule has 0 fully saturated rings. The molecule has 4 heterocycles. The molecule has 0 saturated carbocycles. The minimum absolute atomic E-state index is 0.0208. The van der Waals surface area contributed by atoms with E-state index in [2.05, 4.69) is 56.9 Å². The summed E-state index contributed by atoms with van der Waals surface area (Å²) in [5.74, 6) is 1.82. The van der Waals surface area contributed by atoms with Crippen molar-refractivity contribution in [3.63, 3.8) is 0 Å². The van der Waals surface area contributed by atoms with Crippen molar-refractivity contribution in [2.24, 2.45) is 11.1 Å². The van der Waals surface area contributed by atoms with Gasteiger partial charge in [0, 0.05) is 29.4 Å². The summed E-state index contributed by atoms with van der Waals surface area (Å²) in [6.07, 6.45) is 7.69. The molecule has 0 atom stereocenters. The smallest absolute Gasteiger partial charge is 0.412 e. The Morgan fingerprint density at radius 3 is 2.95 bits per heavy atom. The van der Waals surface area contributed by atoms with Crippen LogP contribution in [0.2, 0.25) is 0 Å². The molecule has 1 aliphatic heterocycles. The van der Waals surface area contributed by atoms with E-state index in [9.17, 15) is 4.79 Å². The SMILES string of the molecule is Cc1c(-c2ccc3c(c2)CN(c2ncnc4c2CC(C)(C)C=C4)CCO3)cnc2nc(OC(N)=O)[nH]c12. The number of rotatable bonds is 3. The lowest BCUT2D eigenvalue weighted by Crippen LogP contribution is -2.29. The van der Waals surface area contributed by atoms with E-state index < -0.39 is 6.09 Å². The van der Waals surface area contributed by atoms with Gasteiger partial charge in [-0.2, -0.15) is 4.98 Å². The van der Waals surface area contributed by atoms with Crippen LogP contribution in [0.1, 0.15) is 36.2 Å². The molecule has 0 spiro atoms. The number of fused-ring (bicyclic) bond motifs is 3. The first-order chi connectivity index (χ1) is 17.8. The number of aryl methyl sites for hydroxylation is 1. The Hall–Kier alpha value is -4.47. The number of hydrogen-bond acceptors (Lipinski definition) is 8. The van der Waals surface area contributed by atoms with Crippen LogP contribution < -0.4 is 20.1 Å². The molecule has 10 heteroatoms. The molecule has 188 valence electrons. The van der Waals surface area contributed by atoms with Gasteiger partial charge in [-0.25, -0.2) is 19.7 Å². The number of primary amides is 1. The summed E-state index contributed by atoms with van der Waals surface area (Å²) in [4.78, 5) is 34.3. The average molecular weight is 498 g/mol. The zero-order valence-corrected chi connectivity index (χ0v) is 20.9. The van der Waals surface area contributed by atoms with Crippen LogP contribution in [-0.4, -0.2) is 44.2 Å². The summed E-state index contributed by atoms with van der Waals surface area (Å²) in [5.41, 5.74) is 12.4. The van der Waals surface area contributed by atoms with Gasteiger partial charge in [0.05, 0.1) is 17.8 Å². The second-order valence-electron chi connectivity index (χ2n) is 10.1. The second kappa shape index (κ2) is 8.58. The third-order valence-electron chi connectivity index (χ3n) is 6.89. The lowest BCUT2D eigenvalue weighted by Gasteiger charge is -2.30. The Labute approximate surface area is 213 Å². The number of amides is 1. The quantitative estimate of drug-likeness (QED) is 0.431. The van der Waals surface area contributed by atoms with Crippen LogP contribution in [0.4, 0.5) is 10.6 Å². The summed E-state index contributed by atoms with van der Waals surface area (Å²) in [7, 11) is 0. The van der Waals surface area contributed by atoms with Gasteiger partial charge < -0.3 is 25.1 Å². The summed E-state index contributed by atoms with van der Waals surface area (Å²) < 4.78 is 11.0. The van der Waals surface area contributed by atoms with Gasteiger partial charge in [-0.05, 0) is 48.1 Å². The van der Waals surface area contributed by atoms with Crippen LogP contribution in [0.25, 0.3) is 28.4 Å². The van der Waals surface area contributed by atoms with Gasteiger partial charge in [-0.15, -0.1) is 0 Å². The van der Waals surface area contributed by atoms with Crippen molar-refractivity contribution in [3.05, 3.63) is 59.2 Å². The number of benzene rings is 1. The first kappa shape index (κ1) is 23.0. The number of anilines is 1. The highest BCUT2D eigenvalue weighted by atomic mass is 16.6. The zero-order chi connectivity index (χ0) is 25.7. The van der Waals surface area contributed by atoms with Crippen LogP contribution in [-0.2, 0) is 13.0 Å². The number of nitrogens with one attached hydrogen (secondary N) is 1. The molecule has 1 aromatic carbocycles. The Morgan fingerprint density at radius 2 is 2.11 bits per heavy atom. The number of ether oxygens (including phenoxy) is 2. The molecule has 10 nitrogen and oxygen atoms in total. The molecule has 6 rings (SSSR count). The highest BCUT2D eigenvalue weighted by Crippen LogP contribution is 2.37. The Bertz CT molecular complexity index is 1570. The van der Waals surface area contributed by atoms with Crippen molar-refractivity contribution in [1.82, 2.24) is 24.9 Å². The highest BCUT2D eigenvalue weighted by molar-refractivity contribution is 5.84. The van der Waals surface area contributed by atoms with Crippen LogP contribution in [0, 0.1) is 12.3 Å². The fraction of sp³-hybridized carbons (Fsp3) is 0.296. The fourth-order valence-corrected chi connectivity index (χ4v) is 5.05. The predicted octanol–water partition coefficient (Wildman–Crippen LogP) is 4.18. The van der Waals surface area contributed by atoms with E-state index in [1.807, 2.05) is 19.1 Å². The maximum atomic E-state index is 11.1. The number of hydrogen-bond donors (Lipinski definition) is 2. The van der Waals surface area contributed by atoms with E-state index in [0.29, 0.717) is 24.3 Å². The lowest BCUT2D eigenvalue weighted by atomic mass is 9.81. The van der Waals surface area contributed by atoms with Gasteiger partial charge in [0.2, 0.25) is 0 Å². The molecular formula is C27H27N7O3. The first-order valence-electron chi connectivity index (χ1n) is 12.1. The highest BCUT2D eigenvalue weighted by Gasteiger charge is 2.28. The molecule has 3 N–H and O–H groups in total.